The topological polar surface area (TPSA) is 40.5 Å². The average molecular weight is 357 g/mol. The Balaban J connectivity index is 2.38. The van der Waals surface area contributed by atoms with E-state index in [-0.39, 0.29) is 42.7 Å². The molecule has 1 unspecified atom stereocenters. The Labute approximate surface area is 146 Å². The van der Waals surface area contributed by atoms with Gasteiger partial charge >= 0.3 is 6.18 Å². The first-order chi connectivity index (χ1) is 11.5. The van der Waals surface area contributed by atoms with Crippen molar-refractivity contribution in [2.45, 2.75) is 58.5 Å². The van der Waals surface area contributed by atoms with Crippen molar-refractivity contribution in [1.29, 1.82) is 0 Å². The lowest BCUT2D eigenvalue weighted by molar-refractivity contribution is -0.184. The molecule has 1 atom stereocenters. The minimum absolute atomic E-state index is 0.00882. The van der Waals surface area contributed by atoms with Crippen LogP contribution in [0.2, 0.25) is 0 Å². The number of rotatable bonds is 3. The van der Waals surface area contributed by atoms with Gasteiger partial charge in [0.15, 0.2) is 0 Å². The third-order valence-corrected chi connectivity index (χ3v) is 4.85. The number of likely N-dealkylation sites (tertiary alicyclic amines) is 1. The molecule has 0 saturated carbocycles. The number of aromatic hydroxyl groups is 1. The monoisotopic (exact) mass is 357 g/mol. The second-order valence-electron chi connectivity index (χ2n) is 7.45. The largest absolute Gasteiger partial charge is 0.507 e. The first kappa shape index (κ1) is 19.6. The summed E-state index contributed by atoms with van der Waals surface area (Å²) in [7, 11) is 0. The standard InChI is InChI=1S/C19H26F3NO2/c1-11(2)13-8-15(12(3)4)17(24)16(9-13)18(25)23-7-5-6-14(10-23)19(20,21)22/h8-9,11-12,14,24H,5-7,10H2,1-4H3. The Hall–Kier alpha value is -1.72. The molecule has 1 aromatic carbocycles. The predicted octanol–water partition coefficient (Wildman–Crippen LogP) is 5.05. The smallest absolute Gasteiger partial charge is 0.393 e. The molecular weight excluding hydrogens is 331 g/mol. The maximum atomic E-state index is 13.0. The fourth-order valence-corrected chi connectivity index (χ4v) is 3.22. The van der Waals surface area contributed by atoms with Gasteiger partial charge in [-0.15, -0.1) is 0 Å². The molecular formula is C19H26F3NO2. The van der Waals surface area contributed by atoms with E-state index in [2.05, 4.69) is 0 Å². The van der Waals surface area contributed by atoms with Gasteiger partial charge in [-0.1, -0.05) is 33.8 Å². The van der Waals surface area contributed by atoms with Crippen LogP contribution < -0.4 is 0 Å². The maximum Gasteiger partial charge on any atom is 0.393 e. The van der Waals surface area contributed by atoms with Crippen molar-refractivity contribution in [2.24, 2.45) is 5.92 Å². The van der Waals surface area contributed by atoms with E-state index >= 15 is 0 Å². The molecule has 1 aliphatic heterocycles. The number of hydrogen-bond acceptors (Lipinski definition) is 2. The number of carbonyl (C=O) groups is 1. The summed E-state index contributed by atoms with van der Waals surface area (Å²) in [6, 6.07) is 3.49. The van der Waals surface area contributed by atoms with Crippen molar-refractivity contribution in [3.63, 3.8) is 0 Å². The molecule has 6 heteroatoms. The van der Waals surface area contributed by atoms with E-state index in [4.69, 9.17) is 0 Å². The highest BCUT2D eigenvalue weighted by atomic mass is 19.4. The molecule has 0 aliphatic carbocycles. The van der Waals surface area contributed by atoms with E-state index in [9.17, 15) is 23.1 Å². The minimum atomic E-state index is -4.30. The Morgan fingerprint density at radius 1 is 1.20 bits per heavy atom. The van der Waals surface area contributed by atoms with Crippen molar-refractivity contribution in [2.75, 3.05) is 13.1 Å². The number of alkyl halides is 3. The molecule has 1 amide bonds. The number of piperidine rings is 1. The van der Waals surface area contributed by atoms with Crippen molar-refractivity contribution >= 4 is 5.91 Å². The van der Waals surface area contributed by atoms with Crippen LogP contribution in [0.4, 0.5) is 13.2 Å². The highest BCUT2D eigenvalue weighted by Gasteiger charge is 2.43. The Morgan fingerprint density at radius 2 is 1.84 bits per heavy atom. The summed E-state index contributed by atoms with van der Waals surface area (Å²) in [5.41, 5.74) is 1.66. The SMILES string of the molecule is CC(C)c1cc(C(=O)N2CCCC(C(F)(F)F)C2)c(O)c(C(C)C)c1. The lowest BCUT2D eigenvalue weighted by atomic mass is 9.90. The Morgan fingerprint density at radius 3 is 2.36 bits per heavy atom. The second kappa shape index (κ2) is 7.26. The Bertz CT molecular complexity index is 638. The molecule has 0 spiro atoms. The zero-order chi connectivity index (χ0) is 18.9. The van der Waals surface area contributed by atoms with Crippen LogP contribution in [0.25, 0.3) is 0 Å². The van der Waals surface area contributed by atoms with Crippen LogP contribution in [0.3, 0.4) is 0 Å². The van der Waals surface area contributed by atoms with Gasteiger partial charge in [0.05, 0.1) is 11.5 Å². The summed E-state index contributed by atoms with van der Waals surface area (Å²) in [5, 5.41) is 10.5. The van der Waals surface area contributed by atoms with Gasteiger partial charge in [-0.2, -0.15) is 13.2 Å². The van der Waals surface area contributed by atoms with Crippen molar-refractivity contribution in [1.82, 2.24) is 4.90 Å². The highest BCUT2D eigenvalue weighted by Crippen LogP contribution is 2.36. The second-order valence-corrected chi connectivity index (χ2v) is 7.45. The summed E-state index contributed by atoms with van der Waals surface area (Å²) in [6.07, 6.45) is -3.94. The molecule has 25 heavy (non-hydrogen) atoms. The number of benzene rings is 1. The predicted molar refractivity (Wildman–Crippen MR) is 91.0 cm³/mol. The van der Waals surface area contributed by atoms with Gasteiger partial charge in [0.1, 0.15) is 5.75 Å². The van der Waals surface area contributed by atoms with Crippen molar-refractivity contribution in [3.05, 3.63) is 28.8 Å². The maximum absolute atomic E-state index is 13.0. The lowest BCUT2D eigenvalue weighted by Crippen LogP contribution is -2.44. The third kappa shape index (κ3) is 4.28. The molecule has 1 saturated heterocycles. The zero-order valence-electron chi connectivity index (χ0n) is 15.2. The van der Waals surface area contributed by atoms with Gasteiger partial charge in [-0.05, 0) is 41.9 Å². The molecule has 3 nitrogen and oxygen atoms in total. The van der Waals surface area contributed by atoms with E-state index in [1.165, 1.54) is 4.90 Å². The van der Waals surface area contributed by atoms with Crippen LogP contribution in [0, 0.1) is 5.92 Å². The summed E-state index contributed by atoms with van der Waals surface area (Å²) in [5.74, 6) is -1.97. The number of halogens is 3. The van der Waals surface area contributed by atoms with Gasteiger partial charge < -0.3 is 10.0 Å². The van der Waals surface area contributed by atoms with Crippen LogP contribution in [-0.2, 0) is 0 Å². The minimum Gasteiger partial charge on any atom is -0.507 e. The molecule has 2 rings (SSSR count). The van der Waals surface area contributed by atoms with Gasteiger partial charge in [0.25, 0.3) is 5.91 Å². The highest BCUT2D eigenvalue weighted by molar-refractivity contribution is 5.97. The van der Waals surface area contributed by atoms with Crippen LogP contribution in [-0.4, -0.2) is 35.2 Å². The number of amides is 1. The van der Waals surface area contributed by atoms with E-state index < -0.39 is 18.0 Å². The van der Waals surface area contributed by atoms with Crippen molar-refractivity contribution in [3.8, 4) is 5.75 Å². The van der Waals surface area contributed by atoms with Crippen LogP contribution in [0.5, 0.6) is 5.75 Å². The molecule has 1 fully saturated rings. The van der Waals surface area contributed by atoms with Crippen molar-refractivity contribution < 1.29 is 23.1 Å². The van der Waals surface area contributed by atoms with Crippen LogP contribution in [0.15, 0.2) is 12.1 Å². The molecule has 0 radical (unpaired) electrons. The van der Waals surface area contributed by atoms with Crippen LogP contribution in [0.1, 0.15) is 73.9 Å². The fraction of sp³-hybridized carbons (Fsp3) is 0.632. The molecule has 140 valence electrons. The van der Waals surface area contributed by atoms with E-state index in [0.29, 0.717) is 12.0 Å². The number of phenolic OH excluding ortho intramolecular Hbond substituents is 1. The van der Waals surface area contributed by atoms with E-state index in [0.717, 1.165) is 5.56 Å². The van der Waals surface area contributed by atoms with Gasteiger partial charge in [0.2, 0.25) is 0 Å². The first-order valence-electron chi connectivity index (χ1n) is 8.75. The summed E-state index contributed by atoms with van der Waals surface area (Å²) in [4.78, 5) is 14.1. The zero-order valence-corrected chi connectivity index (χ0v) is 15.2. The number of hydrogen-bond donors (Lipinski definition) is 1. The number of phenols is 1. The molecule has 1 aliphatic rings. The quantitative estimate of drug-likeness (QED) is 0.822. The van der Waals surface area contributed by atoms with Crippen LogP contribution >= 0.6 is 0 Å². The van der Waals surface area contributed by atoms with E-state index in [1.54, 1.807) is 6.07 Å². The normalized spacial score (nSPS) is 18.9. The number of carbonyl (C=O) groups excluding carboxylic acids is 1. The molecule has 1 heterocycles. The molecule has 0 aromatic heterocycles. The third-order valence-electron chi connectivity index (χ3n) is 4.85. The van der Waals surface area contributed by atoms with E-state index in [1.807, 2.05) is 33.8 Å². The Kier molecular flexibility index (Phi) is 5.69. The van der Waals surface area contributed by atoms with Gasteiger partial charge in [-0.25, -0.2) is 0 Å². The number of nitrogens with zero attached hydrogens (tertiary/aromatic N) is 1. The summed E-state index contributed by atoms with van der Waals surface area (Å²) in [6.45, 7) is 7.72. The first-order valence-corrected chi connectivity index (χ1v) is 8.75. The van der Waals surface area contributed by atoms with Gasteiger partial charge in [0, 0.05) is 13.1 Å². The fourth-order valence-electron chi connectivity index (χ4n) is 3.22. The molecule has 1 N–H and O–H groups in total. The summed E-state index contributed by atoms with van der Waals surface area (Å²) < 4.78 is 39.0. The summed E-state index contributed by atoms with van der Waals surface area (Å²) >= 11 is 0. The lowest BCUT2D eigenvalue weighted by Gasteiger charge is -2.34. The molecule has 1 aromatic rings. The molecule has 0 bridgehead atoms. The average Bonchev–Trinajstić information content (AvgIpc) is 2.53. The van der Waals surface area contributed by atoms with Gasteiger partial charge in [-0.3, -0.25) is 4.79 Å².